The molecule has 1 unspecified atom stereocenters. The molecular formula is C22H32N2O7. The first-order chi connectivity index (χ1) is 14.9. The monoisotopic (exact) mass is 436 g/mol. The lowest BCUT2D eigenvalue weighted by molar-refractivity contribution is -0.188. The first-order valence-electron chi connectivity index (χ1n) is 10.8. The van der Waals surface area contributed by atoms with E-state index in [0.29, 0.717) is 0 Å². The van der Waals surface area contributed by atoms with Crippen LogP contribution < -0.4 is 9.64 Å². The van der Waals surface area contributed by atoms with E-state index < -0.39 is 11.9 Å². The molecule has 9 nitrogen and oxygen atoms in total. The van der Waals surface area contributed by atoms with Gasteiger partial charge in [0.2, 0.25) is 0 Å². The molecule has 1 saturated carbocycles. The van der Waals surface area contributed by atoms with Crippen molar-refractivity contribution < 1.29 is 34.0 Å². The van der Waals surface area contributed by atoms with E-state index in [1.165, 1.54) is 24.9 Å². The highest BCUT2D eigenvalue weighted by Crippen LogP contribution is 2.38. The number of para-hydroxylation sites is 2. The number of carbonyl (C=O) groups is 2. The van der Waals surface area contributed by atoms with Gasteiger partial charge in [0.25, 0.3) is 0 Å². The van der Waals surface area contributed by atoms with Crippen LogP contribution in [-0.4, -0.2) is 85.4 Å². The molecule has 3 fully saturated rings. The summed E-state index contributed by atoms with van der Waals surface area (Å²) in [7, 11) is 1.74. The van der Waals surface area contributed by atoms with Crippen LogP contribution in [0.15, 0.2) is 24.3 Å². The minimum atomic E-state index is -1.82. The number of methoxy groups -OCH3 is 1. The van der Waals surface area contributed by atoms with Crippen LogP contribution in [0.1, 0.15) is 32.1 Å². The van der Waals surface area contributed by atoms with Crippen molar-refractivity contribution in [3.8, 4) is 5.75 Å². The topological polar surface area (TPSA) is 109 Å². The van der Waals surface area contributed by atoms with Gasteiger partial charge in [-0.2, -0.15) is 0 Å². The van der Waals surface area contributed by atoms with Gasteiger partial charge in [0.15, 0.2) is 5.79 Å². The van der Waals surface area contributed by atoms with Gasteiger partial charge in [-0.25, -0.2) is 9.59 Å². The van der Waals surface area contributed by atoms with Gasteiger partial charge in [0.1, 0.15) is 5.75 Å². The Hall–Kier alpha value is -2.36. The molecule has 4 rings (SSSR count). The Labute approximate surface area is 182 Å². The van der Waals surface area contributed by atoms with Gasteiger partial charge in [0.05, 0.1) is 25.5 Å². The smallest absolute Gasteiger partial charge is 0.414 e. The van der Waals surface area contributed by atoms with E-state index in [1.807, 2.05) is 12.1 Å². The summed E-state index contributed by atoms with van der Waals surface area (Å²) in [5.41, 5.74) is 1.20. The number of benzene rings is 1. The summed E-state index contributed by atoms with van der Waals surface area (Å²) in [6.07, 6.45) is 6.19. The molecule has 172 valence electrons. The number of anilines is 1. The molecule has 0 radical (unpaired) electrons. The predicted octanol–water partition coefficient (Wildman–Crippen LogP) is 2.05. The number of aliphatic carboxylic acids is 2. The lowest BCUT2D eigenvalue weighted by Gasteiger charge is -2.37. The van der Waals surface area contributed by atoms with E-state index in [1.54, 1.807) is 7.11 Å². The second-order valence-electron chi connectivity index (χ2n) is 8.09. The molecule has 1 aromatic rings. The fraction of sp³-hybridized carbons (Fsp3) is 0.636. The van der Waals surface area contributed by atoms with E-state index in [9.17, 15) is 0 Å². The number of piperazine rings is 1. The van der Waals surface area contributed by atoms with Crippen molar-refractivity contribution in [1.82, 2.24) is 4.90 Å². The zero-order valence-electron chi connectivity index (χ0n) is 18.0. The molecule has 2 N–H and O–H groups in total. The van der Waals surface area contributed by atoms with Crippen molar-refractivity contribution in [3.63, 3.8) is 0 Å². The Morgan fingerprint density at radius 3 is 2.32 bits per heavy atom. The Balaban J connectivity index is 0.000000401. The highest BCUT2D eigenvalue weighted by Gasteiger charge is 2.42. The first kappa shape index (κ1) is 23.3. The largest absolute Gasteiger partial charge is 0.495 e. The fourth-order valence-corrected chi connectivity index (χ4v) is 4.41. The Morgan fingerprint density at radius 1 is 1.06 bits per heavy atom. The van der Waals surface area contributed by atoms with Crippen molar-refractivity contribution in [2.24, 2.45) is 0 Å². The van der Waals surface area contributed by atoms with E-state index in [0.717, 1.165) is 57.9 Å². The van der Waals surface area contributed by atoms with Crippen LogP contribution in [0.2, 0.25) is 0 Å². The molecule has 31 heavy (non-hydrogen) atoms. The maximum Gasteiger partial charge on any atom is 0.414 e. The minimum Gasteiger partial charge on any atom is -0.495 e. The normalized spacial score (nSPS) is 23.1. The van der Waals surface area contributed by atoms with Gasteiger partial charge < -0.3 is 29.3 Å². The SMILES string of the molecule is COc1ccccc1N1CCN(CC2COC3(CCCCC3)O2)CC1.O=C(O)C(=O)O. The molecule has 0 amide bonds. The molecule has 1 aliphatic carbocycles. The second-order valence-corrected chi connectivity index (χ2v) is 8.09. The van der Waals surface area contributed by atoms with Crippen LogP contribution in [0, 0.1) is 0 Å². The third-order valence-electron chi connectivity index (χ3n) is 5.97. The minimum absolute atomic E-state index is 0.232. The zero-order valence-corrected chi connectivity index (χ0v) is 18.0. The standard InChI is InChI=1S/C20H30N2O3.C2H2O4/c1-23-19-8-4-3-7-18(19)22-13-11-21(12-14-22)15-17-16-24-20(25-17)9-5-2-6-10-20;3-1(4)2(5)6/h3-4,7-8,17H,2,5-6,9-16H2,1H3;(H,3,4)(H,5,6). The molecule has 0 aromatic heterocycles. The van der Waals surface area contributed by atoms with Crippen molar-refractivity contribution in [2.45, 2.75) is 44.0 Å². The van der Waals surface area contributed by atoms with Crippen molar-refractivity contribution in [3.05, 3.63) is 24.3 Å². The number of carboxylic acid groups (broad SMARTS) is 2. The number of hydrogen-bond donors (Lipinski definition) is 2. The van der Waals surface area contributed by atoms with Gasteiger partial charge in [-0.15, -0.1) is 0 Å². The average Bonchev–Trinajstić information content (AvgIpc) is 3.16. The third kappa shape index (κ3) is 6.32. The number of hydrogen-bond acceptors (Lipinski definition) is 7. The zero-order chi connectivity index (χ0) is 22.3. The molecule has 1 spiro atoms. The van der Waals surface area contributed by atoms with Gasteiger partial charge in [-0.1, -0.05) is 18.6 Å². The summed E-state index contributed by atoms with van der Waals surface area (Å²) in [4.78, 5) is 23.1. The van der Waals surface area contributed by atoms with E-state index in [2.05, 4.69) is 21.9 Å². The summed E-state index contributed by atoms with van der Waals surface area (Å²) in [5, 5.41) is 14.8. The molecule has 2 heterocycles. The van der Waals surface area contributed by atoms with Gasteiger partial charge in [-0.3, -0.25) is 4.90 Å². The van der Waals surface area contributed by atoms with Crippen LogP contribution in [0.4, 0.5) is 5.69 Å². The van der Waals surface area contributed by atoms with Gasteiger partial charge in [-0.05, 0) is 25.0 Å². The summed E-state index contributed by atoms with van der Waals surface area (Å²) < 4.78 is 17.9. The summed E-state index contributed by atoms with van der Waals surface area (Å²) in [6.45, 7) is 5.92. The molecule has 9 heteroatoms. The predicted molar refractivity (Wildman–Crippen MR) is 114 cm³/mol. The lowest BCUT2D eigenvalue weighted by Crippen LogP contribution is -2.49. The number of ether oxygens (including phenoxy) is 3. The maximum atomic E-state index is 9.10. The summed E-state index contributed by atoms with van der Waals surface area (Å²) in [5.74, 6) is -2.94. The molecular weight excluding hydrogens is 404 g/mol. The van der Waals surface area contributed by atoms with Crippen LogP contribution >= 0.6 is 0 Å². The Kier molecular flexibility index (Phi) is 8.11. The van der Waals surface area contributed by atoms with E-state index in [4.69, 9.17) is 34.0 Å². The second kappa shape index (κ2) is 10.8. The summed E-state index contributed by atoms with van der Waals surface area (Å²) >= 11 is 0. The molecule has 1 atom stereocenters. The molecule has 3 aliphatic rings. The fourth-order valence-electron chi connectivity index (χ4n) is 4.41. The number of nitrogens with zero attached hydrogens (tertiary/aromatic N) is 2. The van der Waals surface area contributed by atoms with E-state index >= 15 is 0 Å². The Bertz CT molecular complexity index is 731. The first-order valence-corrected chi connectivity index (χ1v) is 10.8. The van der Waals surface area contributed by atoms with Gasteiger partial charge in [0, 0.05) is 45.6 Å². The molecule has 0 bridgehead atoms. The molecule has 2 saturated heterocycles. The van der Waals surface area contributed by atoms with Crippen molar-refractivity contribution >= 4 is 17.6 Å². The third-order valence-corrected chi connectivity index (χ3v) is 5.97. The quantitative estimate of drug-likeness (QED) is 0.686. The molecule has 1 aromatic carbocycles. The lowest BCUT2D eigenvalue weighted by atomic mass is 9.94. The summed E-state index contributed by atoms with van der Waals surface area (Å²) in [6, 6.07) is 8.29. The molecule has 2 aliphatic heterocycles. The van der Waals surface area contributed by atoms with Crippen molar-refractivity contribution in [2.75, 3.05) is 51.3 Å². The maximum absolute atomic E-state index is 9.10. The number of carboxylic acids is 2. The van der Waals surface area contributed by atoms with Crippen LogP contribution in [0.25, 0.3) is 0 Å². The van der Waals surface area contributed by atoms with E-state index in [-0.39, 0.29) is 11.9 Å². The van der Waals surface area contributed by atoms with Gasteiger partial charge >= 0.3 is 11.9 Å². The highest BCUT2D eigenvalue weighted by atomic mass is 16.7. The Morgan fingerprint density at radius 2 is 1.71 bits per heavy atom. The average molecular weight is 437 g/mol. The van der Waals surface area contributed by atoms with Crippen molar-refractivity contribution in [1.29, 1.82) is 0 Å². The van der Waals surface area contributed by atoms with Crippen LogP contribution in [0.3, 0.4) is 0 Å². The van der Waals surface area contributed by atoms with Crippen LogP contribution in [0.5, 0.6) is 5.75 Å². The highest BCUT2D eigenvalue weighted by molar-refractivity contribution is 6.27. The van der Waals surface area contributed by atoms with Crippen LogP contribution in [-0.2, 0) is 19.1 Å². The number of rotatable bonds is 4.